The highest BCUT2D eigenvalue weighted by Gasteiger charge is 2.43. The van der Waals surface area contributed by atoms with Gasteiger partial charge in [-0.3, -0.25) is 0 Å². The predicted molar refractivity (Wildman–Crippen MR) is 66.4 cm³/mol. The molecule has 3 heteroatoms. The third-order valence-electron chi connectivity index (χ3n) is 4.32. The molecule has 2 aliphatic carbocycles. The number of hydrogen-bond donors (Lipinski definition) is 3. The van der Waals surface area contributed by atoms with Crippen molar-refractivity contribution in [3.8, 4) is 0 Å². The summed E-state index contributed by atoms with van der Waals surface area (Å²) < 4.78 is 0. The average molecular weight is 238 g/mol. The summed E-state index contributed by atoms with van der Waals surface area (Å²) in [6.07, 6.45) is 10.4. The van der Waals surface area contributed by atoms with Gasteiger partial charge in [-0.15, -0.1) is 0 Å². The van der Waals surface area contributed by atoms with Crippen molar-refractivity contribution in [2.45, 2.75) is 38.2 Å². The molecule has 0 amide bonds. The first-order valence-corrected chi connectivity index (χ1v) is 6.52. The predicted octanol–water partition coefficient (Wildman–Crippen LogP) is 1.39. The molecular weight excluding hydrogens is 216 g/mol. The molecule has 0 heterocycles. The minimum atomic E-state index is -0.633. The monoisotopic (exact) mass is 238 g/mol. The maximum absolute atomic E-state index is 10.2. The van der Waals surface area contributed by atoms with Gasteiger partial charge >= 0.3 is 0 Å². The van der Waals surface area contributed by atoms with Crippen LogP contribution in [0.3, 0.4) is 0 Å². The molecule has 0 aromatic heterocycles. The lowest BCUT2D eigenvalue weighted by Gasteiger charge is -2.43. The smallest absolute Gasteiger partial charge is 0.0839 e. The Bertz CT molecular complexity index is 315. The second-order valence-electron chi connectivity index (χ2n) is 5.29. The van der Waals surface area contributed by atoms with Gasteiger partial charge in [0.2, 0.25) is 0 Å². The zero-order valence-electron chi connectivity index (χ0n) is 10.2. The lowest BCUT2D eigenvalue weighted by atomic mass is 9.64. The molecular formula is C14H22O3. The van der Waals surface area contributed by atoms with Crippen molar-refractivity contribution in [1.82, 2.24) is 0 Å². The van der Waals surface area contributed by atoms with Gasteiger partial charge in [-0.1, -0.05) is 37.5 Å². The van der Waals surface area contributed by atoms with E-state index in [1.165, 1.54) is 19.3 Å². The van der Waals surface area contributed by atoms with E-state index >= 15 is 0 Å². The van der Waals surface area contributed by atoms with Crippen LogP contribution in [0.2, 0.25) is 0 Å². The molecule has 0 aliphatic heterocycles. The van der Waals surface area contributed by atoms with Gasteiger partial charge in [0.1, 0.15) is 0 Å². The molecule has 96 valence electrons. The summed E-state index contributed by atoms with van der Waals surface area (Å²) >= 11 is 0. The normalized spacial score (nSPS) is 34.8. The maximum Gasteiger partial charge on any atom is 0.0839 e. The van der Waals surface area contributed by atoms with Gasteiger partial charge in [0, 0.05) is 5.41 Å². The van der Waals surface area contributed by atoms with Crippen LogP contribution in [0.4, 0.5) is 0 Å². The SMILES string of the molecule is OCC1=CC(CO)(C2CCCCC2)C(O)C=C1. The first kappa shape index (κ1) is 12.8. The van der Waals surface area contributed by atoms with Gasteiger partial charge in [0.15, 0.2) is 0 Å². The Hall–Kier alpha value is -0.640. The van der Waals surface area contributed by atoms with Crippen molar-refractivity contribution in [2.75, 3.05) is 13.2 Å². The van der Waals surface area contributed by atoms with E-state index in [1.807, 2.05) is 6.08 Å². The number of rotatable bonds is 3. The zero-order valence-corrected chi connectivity index (χ0v) is 10.2. The molecule has 3 nitrogen and oxygen atoms in total. The molecule has 17 heavy (non-hydrogen) atoms. The van der Waals surface area contributed by atoms with Gasteiger partial charge in [-0.25, -0.2) is 0 Å². The third kappa shape index (κ3) is 2.32. The standard InChI is InChI=1S/C14H22O3/c15-9-11-6-7-13(17)14(8-11,10-16)12-4-2-1-3-5-12/h6-8,12-13,15-17H,1-5,9-10H2. The van der Waals surface area contributed by atoms with Crippen molar-refractivity contribution in [3.63, 3.8) is 0 Å². The molecule has 3 N–H and O–H groups in total. The fourth-order valence-corrected chi connectivity index (χ4v) is 3.24. The van der Waals surface area contributed by atoms with Crippen LogP contribution < -0.4 is 0 Å². The zero-order chi connectivity index (χ0) is 12.3. The lowest BCUT2D eigenvalue weighted by molar-refractivity contribution is -0.0128. The summed E-state index contributed by atoms with van der Waals surface area (Å²) in [6, 6.07) is 0. The summed E-state index contributed by atoms with van der Waals surface area (Å²) in [5.41, 5.74) is 0.225. The van der Waals surface area contributed by atoms with Crippen molar-refractivity contribution in [1.29, 1.82) is 0 Å². The van der Waals surface area contributed by atoms with E-state index in [2.05, 4.69) is 0 Å². The first-order chi connectivity index (χ1) is 8.23. The van der Waals surface area contributed by atoms with Crippen LogP contribution in [0.1, 0.15) is 32.1 Å². The van der Waals surface area contributed by atoms with E-state index in [0.29, 0.717) is 5.92 Å². The largest absolute Gasteiger partial charge is 0.395 e. The van der Waals surface area contributed by atoms with E-state index in [0.717, 1.165) is 18.4 Å². The van der Waals surface area contributed by atoms with Crippen molar-refractivity contribution < 1.29 is 15.3 Å². The molecule has 2 aliphatic rings. The summed E-state index contributed by atoms with van der Waals surface area (Å²) in [6.45, 7) is -0.0790. The van der Waals surface area contributed by atoms with E-state index < -0.39 is 11.5 Å². The summed E-state index contributed by atoms with van der Waals surface area (Å²) in [5, 5.41) is 29.2. The highest BCUT2D eigenvalue weighted by atomic mass is 16.3. The lowest BCUT2D eigenvalue weighted by Crippen LogP contribution is -2.45. The molecule has 0 aromatic carbocycles. The Morgan fingerprint density at radius 2 is 1.88 bits per heavy atom. The van der Waals surface area contributed by atoms with Crippen molar-refractivity contribution in [2.24, 2.45) is 11.3 Å². The first-order valence-electron chi connectivity index (χ1n) is 6.52. The third-order valence-corrected chi connectivity index (χ3v) is 4.32. The van der Waals surface area contributed by atoms with Gasteiger partial charge in [-0.2, -0.15) is 0 Å². The molecule has 2 atom stereocenters. The van der Waals surface area contributed by atoms with E-state index in [4.69, 9.17) is 0 Å². The van der Waals surface area contributed by atoms with Crippen LogP contribution in [-0.4, -0.2) is 34.6 Å². The topological polar surface area (TPSA) is 60.7 Å². The van der Waals surface area contributed by atoms with Crippen LogP contribution in [0.5, 0.6) is 0 Å². The van der Waals surface area contributed by atoms with Crippen LogP contribution >= 0.6 is 0 Å². The van der Waals surface area contributed by atoms with Crippen molar-refractivity contribution >= 4 is 0 Å². The summed E-state index contributed by atoms with van der Waals surface area (Å²) in [4.78, 5) is 0. The van der Waals surface area contributed by atoms with Gasteiger partial charge in [0.25, 0.3) is 0 Å². The number of aliphatic hydroxyl groups is 3. The van der Waals surface area contributed by atoms with Crippen LogP contribution in [0.25, 0.3) is 0 Å². The fraction of sp³-hybridized carbons (Fsp3) is 0.714. The minimum Gasteiger partial charge on any atom is -0.395 e. The summed E-state index contributed by atoms with van der Waals surface area (Å²) in [5.74, 6) is 0.322. The number of aliphatic hydroxyl groups excluding tert-OH is 3. The van der Waals surface area contributed by atoms with Gasteiger partial charge in [0.05, 0.1) is 19.3 Å². The molecule has 1 saturated carbocycles. The van der Waals surface area contributed by atoms with Gasteiger partial charge in [-0.05, 0) is 24.3 Å². The molecule has 1 fully saturated rings. The Balaban J connectivity index is 2.27. The molecule has 0 aromatic rings. The van der Waals surface area contributed by atoms with Crippen molar-refractivity contribution in [3.05, 3.63) is 23.8 Å². The molecule has 0 bridgehead atoms. The average Bonchev–Trinajstić information content (AvgIpc) is 2.40. The Morgan fingerprint density at radius 3 is 2.47 bits per heavy atom. The molecule has 2 rings (SSSR count). The quantitative estimate of drug-likeness (QED) is 0.696. The fourth-order valence-electron chi connectivity index (χ4n) is 3.24. The Kier molecular flexibility index (Phi) is 4.02. The summed E-state index contributed by atoms with van der Waals surface area (Å²) in [7, 11) is 0. The number of hydrogen-bond acceptors (Lipinski definition) is 3. The molecule has 0 spiro atoms. The highest BCUT2D eigenvalue weighted by molar-refractivity contribution is 5.31. The molecule has 0 saturated heterocycles. The van der Waals surface area contributed by atoms with E-state index in [-0.39, 0.29) is 13.2 Å². The highest BCUT2D eigenvalue weighted by Crippen LogP contribution is 2.44. The molecule has 0 radical (unpaired) electrons. The Morgan fingerprint density at radius 1 is 1.18 bits per heavy atom. The molecule has 2 unspecified atom stereocenters. The second kappa shape index (κ2) is 5.34. The second-order valence-corrected chi connectivity index (χ2v) is 5.29. The Labute approximate surface area is 102 Å². The van der Waals surface area contributed by atoms with E-state index in [9.17, 15) is 15.3 Å². The van der Waals surface area contributed by atoms with Gasteiger partial charge < -0.3 is 15.3 Å². The van der Waals surface area contributed by atoms with Crippen LogP contribution in [0, 0.1) is 11.3 Å². The maximum atomic E-state index is 10.2. The van der Waals surface area contributed by atoms with E-state index in [1.54, 1.807) is 12.2 Å². The van der Waals surface area contributed by atoms with Crippen LogP contribution in [0.15, 0.2) is 23.8 Å². The van der Waals surface area contributed by atoms with Crippen LogP contribution in [-0.2, 0) is 0 Å². The minimum absolute atomic E-state index is 0.0301.